The van der Waals surface area contributed by atoms with Crippen LogP contribution in [0.2, 0.25) is 0 Å². The minimum absolute atomic E-state index is 0.760. The lowest BCUT2D eigenvalue weighted by Crippen LogP contribution is -2.35. The molecule has 0 spiro atoms. The topological polar surface area (TPSA) is 3.24 Å². The Kier molecular flexibility index (Phi) is 4.93. The molecule has 0 saturated carbocycles. The first kappa shape index (κ1) is 13.0. The second-order valence-electron chi connectivity index (χ2n) is 5.02. The molecule has 0 aliphatic carbocycles. The molecular formula is C15H23NS. The Balaban J connectivity index is 1.85. The van der Waals surface area contributed by atoms with Gasteiger partial charge in [-0.2, -0.15) is 11.8 Å². The van der Waals surface area contributed by atoms with E-state index in [2.05, 4.69) is 54.8 Å². The number of aryl methyl sites for hydroxylation is 1. The monoisotopic (exact) mass is 249 g/mol. The molecule has 2 heteroatoms. The summed E-state index contributed by atoms with van der Waals surface area (Å²) in [5, 5.41) is 0. The van der Waals surface area contributed by atoms with Crippen LogP contribution in [0.25, 0.3) is 0 Å². The van der Waals surface area contributed by atoms with Crippen LogP contribution in [-0.2, 0) is 6.42 Å². The molecule has 1 aliphatic heterocycles. The Hall–Kier alpha value is -0.470. The van der Waals surface area contributed by atoms with E-state index < -0.39 is 0 Å². The first-order valence-electron chi connectivity index (χ1n) is 6.63. The SMILES string of the molecule is Cc1ccc(CCN2CCSCC[C@H]2C)cc1. The van der Waals surface area contributed by atoms with E-state index in [1.807, 2.05) is 0 Å². The Bertz CT molecular complexity index is 333. The Morgan fingerprint density at radius 2 is 2.00 bits per heavy atom. The van der Waals surface area contributed by atoms with E-state index in [0.29, 0.717) is 0 Å². The molecule has 1 atom stereocenters. The molecule has 17 heavy (non-hydrogen) atoms. The van der Waals surface area contributed by atoms with Crippen molar-refractivity contribution in [3.8, 4) is 0 Å². The van der Waals surface area contributed by atoms with Gasteiger partial charge >= 0.3 is 0 Å². The van der Waals surface area contributed by atoms with Crippen LogP contribution < -0.4 is 0 Å². The van der Waals surface area contributed by atoms with Gasteiger partial charge in [0.2, 0.25) is 0 Å². The van der Waals surface area contributed by atoms with Gasteiger partial charge in [-0.1, -0.05) is 29.8 Å². The van der Waals surface area contributed by atoms with E-state index in [9.17, 15) is 0 Å². The lowest BCUT2D eigenvalue weighted by atomic mass is 10.1. The minimum atomic E-state index is 0.760. The lowest BCUT2D eigenvalue weighted by molar-refractivity contribution is 0.224. The largest absolute Gasteiger partial charge is 0.299 e. The zero-order valence-electron chi connectivity index (χ0n) is 11.0. The highest BCUT2D eigenvalue weighted by Crippen LogP contribution is 2.16. The van der Waals surface area contributed by atoms with Crippen molar-refractivity contribution in [3.05, 3.63) is 35.4 Å². The summed E-state index contributed by atoms with van der Waals surface area (Å²) in [6.45, 7) is 7.00. The highest BCUT2D eigenvalue weighted by atomic mass is 32.2. The van der Waals surface area contributed by atoms with Crippen molar-refractivity contribution in [1.29, 1.82) is 0 Å². The van der Waals surface area contributed by atoms with Crippen LogP contribution >= 0.6 is 11.8 Å². The average Bonchev–Trinajstić information content (AvgIpc) is 2.54. The molecule has 1 saturated heterocycles. The fourth-order valence-corrected chi connectivity index (χ4v) is 3.38. The van der Waals surface area contributed by atoms with E-state index in [1.165, 1.54) is 48.6 Å². The van der Waals surface area contributed by atoms with Gasteiger partial charge in [0, 0.05) is 24.9 Å². The van der Waals surface area contributed by atoms with Crippen LogP contribution in [0.4, 0.5) is 0 Å². The van der Waals surface area contributed by atoms with Crippen LogP contribution in [0.15, 0.2) is 24.3 Å². The normalized spacial score (nSPS) is 22.4. The summed E-state index contributed by atoms with van der Waals surface area (Å²) in [6.07, 6.45) is 2.54. The molecule has 1 heterocycles. The smallest absolute Gasteiger partial charge is 0.00753 e. The molecule has 0 aromatic heterocycles. The summed E-state index contributed by atoms with van der Waals surface area (Å²) in [5.41, 5.74) is 2.83. The van der Waals surface area contributed by atoms with Crippen LogP contribution in [-0.4, -0.2) is 35.5 Å². The highest BCUT2D eigenvalue weighted by molar-refractivity contribution is 7.99. The van der Waals surface area contributed by atoms with Gasteiger partial charge in [0.15, 0.2) is 0 Å². The standard InChI is InChI=1S/C15H23NS/c1-13-3-5-15(6-4-13)7-9-16-10-12-17-11-8-14(16)2/h3-6,14H,7-12H2,1-2H3/t14-/m1/s1. The summed E-state index contributed by atoms with van der Waals surface area (Å²) in [5.74, 6) is 2.64. The van der Waals surface area contributed by atoms with Gasteiger partial charge in [0.25, 0.3) is 0 Å². The molecule has 0 radical (unpaired) electrons. The minimum Gasteiger partial charge on any atom is -0.299 e. The van der Waals surface area contributed by atoms with Crippen molar-refractivity contribution in [2.24, 2.45) is 0 Å². The van der Waals surface area contributed by atoms with E-state index in [4.69, 9.17) is 0 Å². The van der Waals surface area contributed by atoms with Gasteiger partial charge in [0.05, 0.1) is 0 Å². The van der Waals surface area contributed by atoms with Crippen LogP contribution in [0.5, 0.6) is 0 Å². The number of nitrogens with zero attached hydrogens (tertiary/aromatic N) is 1. The number of benzene rings is 1. The van der Waals surface area contributed by atoms with Gasteiger partial charge in [-0.15, -0.1) is 0 Å². The van der Waals surface area contributed by atoms with Crippen molar-refractivity contribution in [3.63, 3.8) is 0 Å². The molecule has 1 fully saturated rings. The number of rotatable bonds is 3. The second kappa shape index (κ2) is 6.46. The van der Waals surface area contributed by atoms with Gasteiger partial charge in [-0.3, -0.25) is 4.90 Å². The fraction of sp³-hybridized carbons (Fsp3) is 0.600. The highest BCUT2D eigenvalue weighted by Gasteiger charge is 2.16. The predicted octanol–water partition coefficient (Wildman–Crippen LogP) is 3.36. The third-order valence-electron chi connectivity index (χ3n) is 3.63. The van der Waals surface area contributed by atoms with Gasteiger partial charge in [-0.25, -0.2) is 0 Å². The average molecular weight is 249 g/mol. The molecule has 0 N–H and O–H groups in total. The predicted molar refractivity (Wildman–Crippen MR) is 77.9 cm³/mol. The lowest BCUT2D eigenvalue weighted by Gasteiger charge is -2.26. The third-order valence-corrected chi connectivity index (χ3v) is 4.63. The van der Waals surface area contributed by atoms with Gasteiger partial charge in [0.1, 0.15) is 0 Å². The summed E-state index contributed by atoms with van der Waals surface area (Å²) in [7, 11) is 0. The maximum Gasteiger partial charge on any atom is 0.00753 e. The first-order chi connectivity index (χ1) is 8.25. The van der Waals surface area contributed by atoms with Gasteiger partial charge < -0.3 is 0 Å². The van der Waals surface area contributed by atoms with Crippen molar-refractivity contribution in [1.82, 2.24) is 4.90 Å². The zero-order chi connectivity index (χ0) is 12.1. The van der Waals surface area contributed by atoms with Crippen molar-refractivity contribution < 1.29 is 0 Å². The van der Waals surface area contributed by atoms with Crippen LogP contribution in [0.3, 0.4) is 0 Å². The molecule has 0 bridgehead atoms. The Labute approximate surface area is 110 Å². The van der Waals surface area contributed by atoms with Crippen LogP contribution in [0, 0.1) is 6.92 Å². The molecule has 1 nitrogen and oxygen atoms in total. The van der Waals surface area contributed by atoms with E-state index >= 15 is 0 Å². The molecule has 2 rings (SSSR count). The first-order valence-corrected chi connectivity index (χ1v) is 7.78. The van der Waals surface area contributed by atoms with E-state index in [-0.39, 0.29) is 0 Å². The fourth-order valence-electron chi connectivity index (χ4n) is 2.30. The van der Waals surface area contributed by atoms with E-state index in [0.717, 1.165) is 6.04 Å². The van der Waals surface area contributed by atoms with E-state index in [1.54, 1.807) is 0 Å². The molecule has 0 amide bonds. The molecule has 1 aromatic carbocycles. The van der Waals surface area contributed by atoms with Crippen molar-refractivity contribution in [2.75, 3.05) is 24.6 Å². The van der Waals surface area contributed by atoms with Crippen LogP contribution in [0.1, 0.15) is 24.5 Å². The van der Waals surface area contributed by atoms with Crippen molar-refractivity contribution in [2.45, 2.75) is 32.7 Å². The quantitative estimate of drug-likeness (QED) is 0.808. The summed E-state index contributed by atoms with van der Waals surface area (Å²) in [4.78, 5) is 2.65. The molecule has 94 valence electrons. The summed E-state index contributed by atoms with van der Waals surface area (Å²) < 4.78 is 0. The molecule has 0 unspecified atom stereocenters. The van der Waals surface area contributed by atoms with Gasteiger partial charge in [-0.05, 0) is 38.0 Å². The Morgan fingerprint density at radius 3 is 2.76 bits per heavy atom. The second-order valence-corrected chi connectivity index (χ2v) is 6.25. The number of thioether (sulfide) groups is 1. The summed E-state index contributed by atoms with van der Waals surface area (Å²) >= 11 is 2.11. The molecular weight excluding hydrogens is 226 g/mol. The van der Waals surface area contributed by atoms with Crippen molar-refractivity contribution >= 4 is 11.8 Å². The summed E-state index contributed by atoms with van der Waals surface area (Å²) in [6, 6.07) is 9.74. The maximum atomic E-state index is 2.65. The number of hydrogen-bond acceptors (Lipinski definition) is 2. The Morgan fingerprint density at radius 1 is 1.24 bits per heavy atom. The number of hydrogen-bond donors (Lipinski definition) is 0. The maximum absolute atomic E-state index is 2.65. The zero-order valence-corrected chi connectivity index (χ0v) is 11.8. The molecule has 1 aliphatic rings. The molecule has 1 aromatic rings. The third kappa shape index (κ3) is 4.04.